The number of benzene rings is 1. The number of piperidine rings is 1. The first-order valence-corrected chi connectivity index (χ1v) is 12.1. The first-order chi connectivity index (χ1) is 13.2. The standard InChI is InChI=1S/C21H28N2O2S2/c24-19(16-26-18-8-2-1-3-9-18)22-12-10-21(11-13-22)23(14-15-27-21)20(25)17-6-4-5-7-17/h1-3,8-9,17H,4-7,10-16H2. The van der Waals surface area contributed by atoms with E-state index in [-0.39, 0.29) is 16.7 Å². The molecule has 0 radical (unpaired) electrons. The van der Waals surface area contributed by atoms with E-state index in [2.05, 4.69) is 4.90 Å². The Balaban J connectivity index is 1.32. The molecular weight excluding hydrogens is 376 g/mol. The van der Waals surface area contributed by atoms with Crippen molar-refractivity contribution in [3.05, 3.63) is 30.3 Å². The zero-order valence-corrected chi connectivity index (χ0v) is 17.4. The van der Waals surface area contributed by atoms with Gasteiger partial charge in [-0.3, -0.25) is 9.59 Å². The minimum Gasteiger partial charge on any atom is -0.342 e. The van der Waals surface area contributed by atoms with Crippen LogP contribution in [0.5, 0.6) is 0 Å². The number of nitrogens with zero attached hydrogens (tertiary/aromatic N) is 2. The summed E-state index contributed by atoms with van der Waals surface area (Å²) in [6, 6.07) is 10.1. The van der Waals surface area contributed by atoms with Crippen molar-refractivity contribution in [2.45, 2.75) is 48.3 Å². The van der Waals surface area contributed by atoms with Gasteiger partial charge in [-0.15, -0.1) is 23.5 Å². The largest absolute Gasteiger partial charge is 0.342 e. The average molecular weight is 405 g/mol. The van der Waals surface area contributed by atoms with Gasteiger partial charge in [0, 0.05) is 36.2 Å². The molecule has 2 saturated heterocycles. The summed E-state index contributed by atoms with van der Waals surface area (Å²) < 4.78 is 0. The number of thioether (sulfide) groups is 2. The van der Waals surface area contributed by atoms with Gasteiger partial charge in [0.05, 0.1) is 10.6 Å². The van der Waals surface area contributed by atoms with E-state index in [1.54, 1.807) is 11.8 Å². The third kappa shape index (κ3) is 4.16. The summed E-state index contributed by atoms with van der Waals surface area (Å²) in [6.07, 6.45) is 6.36. The summed E-state index contributed by atoms with van der Waals surface area (Å²) in [4.78, 5) is 30.9. The Kier molecular flexibility index (Phi) is 6.02. The average Bonchev–Trinajstić information content (AvgIpc) is 3.38. The molecule has 4 nitrogen and oxygen atoms in total. The minimum atomic E-state index is -0.0526. The van der Waals surface area contributed by atoms with Crippen LogP contribution in [0.2, 0.25) is 0 Å². The molecule has 2 aliphatic heterocycles. The quantitative estimate of drug-likeness (QED) is 0.715. The lowest BCUT2D eigenvalue weighted by Gasteiger charge is -2.44. The maximum atomic E-state index is 13.0. The first-order valence-electron chi connectivity index (χ1n) is 10.1. The van der Waals surface area contributed by atoms with Gasteiger partial charge >= 0.3 is 0 Å². The van der Waals surface area contributed by atoms with E-state index in [0.717, 1.165) is 56.0 Å². The second-order valence-electron chi connectivity index (χ2n) is 7.75. The molecule has 0 bridgehead atoms. The third-order valence-corrected chi connectivity index (χ3v) is 8.70. The Morgan fingerprint density at radius 1 is 1.07 bits per heavy atom. The monoisotopic (exact) mass is 404 g/mol. The molecule has 146 valence electrons. The van der Waals surface area contributed by atoms with E-state index in [0.29, 0.717) is 11.7 Å². The van der Waals surface area contributed by atoms with Gasteiger partial charge in [0.25, 0.3) is 0 Å². The fraction of sp³-hybridized carbons (Fsp3) is 0.619. The molecule has 1 aromatic rings. The molecule has 2 amide bonds. The van der Waals surface area contributed by atoms with Crippen LogP contribution in [0.3, 0.4) is 0 Å². The summed E-state index contributed by atoms with van der Waals surface area (Å²) in [5.74, 6) is 2.39. The second kappa shape index (κ2) is 8.48. The van der Waals surface area contributed by atoms with E-state index in [1.807, 2.05) is 47.0 Å². The lowest BCUT2D eigenvalue weighted by Crippen LogP contribution is -2.54. The Morgan fingerprint density at radius 3 is 2.48 bits per heavy atom. The molecule has 4 rings (SSSR count). The summed E-state index contributed by atoms with van der Waals surface area (Å²) in [6.45, 7) is 2.43. The number of carbonyl (C=O) groups is 2. The van der Waals surface area contributed by atoms with Gasteiger partial charge in [-0.25, -0.2) is 0 Å². The summed E-state index contributed by atoms with van der Waals surface area (Å²) >= 11 is 3.55. The highest BCUT2D eigenvalue weighted by Gasteiger charge is 2.48. The summed E-state index contributed by atoms with van der Waals surface area (Å²) in [5, 5.41) is 0. The maximum absolute atomic E-state index is 13.0. The van der Waals surface area contributed by atoms with Gasteiger partial charge in [-0.1, -0.05) is 31.0 Å². The van der Waals surface area contributed by atoms with E-state index < -0.39 is 0 Å². The lowest BCUT2D eigenvalue weighted by atomic mass is 9.99. The van der Waals surface area contributed by atoms with Gasteiger partial charge in [0.15, 0.2) is 0 Å². The Bertz CT molecular complexity index is 668. The molecule has 0 atom stereocenters. The van der Waals surface area contributed by atoms with Crippen LogP contribution in [0.1, 0.15) is 38.5 Å². The van der Waals surface area contributed by atoms with Crippen molar-refractivity contribution in [3.8, 4) is 0 Å². The first kappa shape index (κ1) is 19.2. The molecular formula is C21H28N2O2S2. The highest BCUT2D eigenvalue weighted by molar-refractivity contribution is 8.01. The summed E-state index contributed by atoms with van der Waals surface area (Å²) in [7, 11) is 0. The van der Waals surface area contributed by atoms with Crippen molar-refractivity contribution in [1.29, 1.82) is 0 Å². The van der Waals surface area contributed by atoms with E-state index in [4.69, 9.17) is 0 Å². The molecule has 27 heavy (non-hydrogen) atoms. The normalized spacial score (nSPS) is 22.5. The number of amides is 2. The van der Waals surface area contributed by atoms with Crippen molar-refractivity contribution >= 4 is 35.3 Å². The van der Waals surface area contributed by atoms with Crippen molar-refractivity contribution in [2.75, 3.05) is 31.1 Å². The molecule has 1 saturated carbocycles. The smallest absolute Gasteiger partial charge is 0.232 e. The van der Waals surface area contributed by atoms with Crippen molar-refractivity contribution in [2.24, 2.45) is 5.92 Å². The molecule has 6 heteroatoms. The number of likely N-dealkylation sites (tertiary alicyclic amines) is 1. The fourth-order valence-corrected chi connectivity index (χ4v) is 6.87. The van der Waals surface area contributed by atoms with E-state index in [1.165, 1.54) is 12.8 Å². The van der Waals surface area contributed by atoms with Crippen LogP contribution in [0, 0.1) is 5.92 Å². The molecule has 2 heterocycles. The molecule has 0 aromatic heterocycles. The maximum Gasteiger partial charge on any atom is 0.232 e. The van der Waals surface area contributed by atoms with Gasteiger partial charge in [-0.2, -0.15) is 0 Å². The molecule has 3 fully saturated rings. The summed E-state index contributed by atoms with van der Waals surface area (Å²) in [5.41, 5.74) is 0. The zero-order chi connectivity index (χ0) is 18.7. The SMILES string of the molecule is O=C(CSc1ccccc1)N1CCC2(CC1)SCCN2C(=O)C1CCCC1. The molecule has 3 aliphatic rings. The molecule has 0 unspecified atom stereocenters. The van der Waals surface area contributed by atoms with Crippen LogP contribution < -0.4 is 0 Å². The second-order valence-corrected chi connectivity index (χ2v) is 10.3. The van der Waals surface area contributed by atoms with Gasteiger partial charge in [-0.05, 0) is 37.8 Å². The van der Waals surface area contributed by atoms with Gasteiger partial charge < -0.3 is 9.80 Å². The predicted molar refractivity (Wildman–Crippen MR) is 112 cm³/mol. The van der Waals surface area contributed by atoms with Gasteiger partial charge in [0.2, 0.25) is 11.8 Å². The number of rotatable bonds is 4. The van der Waals surface area contributed by atoms with Crippen LogP contribution in [0.15, 0.2) is 35.2 Å². The van der Waals surface area contributed by atoms with Gasteiger partial charge in [0.1, 0.15) is 0 Å². The Hall–Kier alpha value is -1.14. The lowest BCUT2D eigenvalue weighted by molar-refractivity contribution is -0.140. The highest BCUT2D eigenvalue weighted by Crippen LogP contribution is 2.45. The van der Waals surface area contributed by atoms with Crippen LogP contribution in [0.25, 0.3) is 0 Å². The van der Waals surface area contributed by atoms with E-state index >= 15 is 0 Å². The topological polar surface area (TPSA) is 40.6 Å². The zero-order valence-electron chi connectivity index (χ0n) is 15.8. The Labute approximate surface area is 170 Å². The van der Waals surface area contributed by atoms with Crippen molar-refractivity contribution in [1.82, 2.24) is 9.80 Å². The third-order valence-electron chi connectivity index (χ3n) is 6.15. The molecule has 1 aliphatic carbocycles. The number of carbonyl (C=O) groups excluding carboxylic acids is 2. The molecule has 1 spiro atoms. The molecule has 0 N–H and O–H groups in total. The van der Waals surface area contributed by atoms with Crippen LogP contribution in [-0.4, -0.2) is 57.6 Å². The molecule has 1 aromatic carbocycles. The van der Waals surface area contributed by atoms with Crippen molar-refractivity contribution in [3.63, 3.8) is 0 Å². The number of hydrogen-bond acceptors (Lipinski definition) is 4. The fourth-order valence-electron chi connectivity index (χ4n) is 4.59. The highest BCUT2D eigenvalue weighted by atomic mass is 32.2. The van der Waals surface area contributed by atoms with Crippen LogP contribution >= 0.6 is 23.5 Å². The minimum absolute atomic E-state index is 0.0526. The predicted octanol–water partition coefficient (Wildman–Crippen LogP) is 3.86. The van der Waals surface area contributed by atoms with Crippen molar-refractivity contribution < 1.29 is 9.59 Å². The van der Waals surface area contributed by atoms with Crippen LogP contribution in [0.4, 0.5) is 0 Å². The van der Waals surface area contributed by atoms with E-state index in [9.17, 15) is 9.59 Å². The number of hydrogen-bond donors (Lipinski definition) is 0. The van der Waals surface area contributed by atoms with Crippen LogP contribution in [-0.2, 0) is 9.59 Å². The Morgan fingerprint density at radius 2 is 1.78 bits per heavy atom.